The zero-order chi connectivity index (χ0) is 9.26. The third-order valence-corrected chi connectivity index (χ3v) is 2.31. The second-order valence-electron chi connectivity index (χ2n) is 3.08. The van der Waals surface area contributed by atoms with E-state index in [4.69, 9.17) is 5.11 Å². The number of hydrogen-bond acceptors (Lipinski definition) is 2. The lowest BCUT2D eigenvalue weighted by Gasteiger charge is -2.05. The molecule has 0 saturated carbocycles. The summed E-state index contributed by atoms with van der Waals surface area (Å²) >= 11 is 0. The van der Waals surface area contributed by atoms with E-state index < -0.39 is 0 Å². The van der Waals surface area contributed by atoms with Crippen LogP contribution in [0.25, 0.3) is 10.8 Å². The Balaban J connectivity index is 2.79. The molecule has 0 atom stereocenters. The number of aliphatic hydroxyl groups is 1. The molecule has 1 aromatic carbocycles. The van der Waals surface area contributed by atoms with Gasteiger partial charge in [0.05, 0.1) is 12.3 Å². The zero-order valence-electron chi connectivity index (χ0n) is 7.49. The maximum absolute atomic E-state index is 9.02. The highest BCUT2D eigenvalue weighted by atomic mass is 16.3. The van der Waals surface area contributed by atoms with Crippen molar-refractivity contribution in [1.82, 2.24) is 4.98 Å². The molecule has 0 amide bonds. The molecular formula is C11H11NO. The van der Waals surface area contributed by atoms with Crippen LogP contribution in [-0.2, 0) is 6.61 Å². The summed E-state index contributed by atoms with van der Waals surface area (Å²) in [6.07, 6.45) is 1.80. The van der Waals surface area contributed by atoms with Gasteiger partial charge in [0.2, 0.25) is 0 Å². The first-order valence-electron chi connectivity index (χ1n) is 4.27. The van der Waals surface area contributed by atoms with E-state index in [0.29, 0.717) is 0 Å². The minimum atomic E-state index is 0.0106. The minimum Gasteiger partial charge on any atom is -0.390 e. The summed E-state index contributed by atoms with van der Waals surface area (Å²) in [6, 6.07) is 8.06. The van der Waals surface area contributed by atoms with E-state index >= 15 is 0 Å². The fourth-order valence-electron chi connectivity index (χ4n) is 1.51. The molecule has 1 heterocycles. The highest BCUT2D eigenvalue weighted by Crippen LogP contribution is 2.19. The molecule has 0 saturated heterocycles. The largest absolute Gasteiger partial charge is 0.390 e. The van der Waals surface area contributed by atoms with Crippen molar-refractivity contribution in [3.05, 3.63) is 41.7 Å². The van der Waals surface area contributed by atoms with E-state index in [0.717, 1.165) is 16.6 Å². The van der Waals surface area contributed by atoms with Gasteiger partial charge < -0.3 is 5.11 Å². The summed E-state index contributed by atoms with van der Waals surface area (Å²) in [4.78, 5) is 4.17. The molecule has 0 aliphatic heterocycles. The van der Waals surface area contributed by atoms with Crippen molar-refractivity contribution in [2.45, 2.75) is 13.5 Å². The number of aryl methyl sites for hydroxylation is 1. The van der Waals surface area contributed by atoms with Crippen molar-refractivity contribution < 1.29 is 5.11 Å². The van der Waals surface area contributed by atoms with Crippen molar-refractivity contribution >= 4 is 10.8 Å². The van der Waals surface area contributed by atoms with E-state index in [2.05, 4.69) is 4.98 Å². The molecule has 2 rings (SSSR count). The molecule has 0 radical (unpaired) electrons. The molecule has 0 aliphatic rings. The van der Waals surface area contributed by atoms with Gasteiger partial charge in [0.15, 0.2) is 0 Å². The predicted molar refractivity (Wildman–Crippen MR) is 52.4 cm³/mol. The summed E-state index contributed by atoms with van der Waals surface area (Å²) < 4.78 is 0. The smallest absolute Gasteiger partial charge is 0.0855 e. The fraction of sp³-hybridized carbons (Fsp3) is 0.182. The molecule has 2 aromatic rings. The van der Waals surface area contributed by atoms with Gasteiger partial charge in [-0.05, 0) is 17.9 Å². The van der Waals surface area contributed by atoms with E-state index in [1.54, 1.807) is 6.20 Å². The topological polar surface area (TPSA) is 33.1 Å². The van der Waals surface area contributed by atoms with Crippen LogP contribution < -0.4 is 0 Å². The van der Waals surface area contributed by atoms with Gasteiger partial charge >= 0.3 is 0 Å². The maximum Gasteiger partial charge on any atom is 0.0855 e. The summed E-state index contributed by atoms with van der Waals surface area (Å²) in [6.45, 7) is 2.00. The average Bonchev–Trinajstić information content (AvgIpc) is 2.19. The second-order valence-corrected chi connectivity index (χ2v) is 3.08. The third-order valence-electron chi connectivity index (χ3n) is 2.31. The van der Waals surface area contributed by atoms with Gasteiger partial charge in [-0.1, -0.05) is 24.3 Å². The third kappa shape index (κ3) is 1.29. The number of nitrogens with zero attached hydrogens (tertiary/aromatic N) is 1. The molecular weight excluding hydrogens is 162 g/mol. The first-order valence-corrected chi connectivity index (χ1v) is 4.27. The Morgan fingerprint density at radius 1 is 1.31 bits per heavy atom. The molecule has 1 aromatic heterocycles. The lowest BCUT2D eigenvalue weighted by Crippen LogP contribution is -1.93. The number of aromatic nitrogens is 1. The molecule has 66 valence electrons. The Labute approximate surface area is 76.9 Å². The molecule has 13 heavy (non-hydrogen) atoms. The summed E-state index contributed by atoms with van der Waals surface area (Å²) in [7, 11) is 0. The average molecular weight is 173 g/mol. The van der Waals surface area contributed by atoms with Crippen molar-refractivity contribution in [2.75, 3.05) is 0 Å². The summed E-state index contributed by atoms with van der Waals surface area (Å²) in [5.74, 6) is 0. The Kier molecular flexibility index (Phi) is 1.99. The lowest BCUT2D eigenvalue weighted by atomic mass is 10.1. The SMILES string of the molecule is Cc1c(CO)ncc2ccccc12. The molecule has 2 nitrogen and oxygen atoms in total. The molecule has 2 heteroatoms. The van der Waals surface area contributed by atoms with Crippen LogP contribution in [0.1, 0.15) is 11.3 Å². The van der Waals surface area contributed by atoms with Gasteiger partial charge in [0.1, 0.15) is 0 Å². The number of benzene rings is 1. The van der Waals surface area contributed by atoms with Gasteiger partial charge in [-0.3, -0.25) is 4.98 Å². The second kappa shape index (κ2) is 3.15. The molecule has 0 aliphatic carbocycles. The van der Waals surface area contributed by atoms with Crippen LogP contribution in [0.15, 0.2) is 30.5 Å². The zero-order valence-corrected chi connectivity index (χ0v) is 7.49. The van der Waals surface area contributed by atoms with Crippen LogP contribution >= 0.6 is 0 Å². The van der Waals surface area contributed by atoms with E-state index in [1.165, 1.54) is 5.39 Å². The van der Waals surface area contributed by atoms with Crippen molar-refractivity contribution in [3.63, 3.8) is 0 Å². The van der Waals surface area contributed by atoms with Crippen LogP contribution in [0.4, 0.5) is 0 Å². The number of rotatable bonds is 1. The van der Waals surface area contributed by atoms with Gasteiger partial charge in [-0.2, -0.15) is 0 Å². The van der Waals surface area contributed by atoms with Crippen LogP contribution in [0.2, 0.25) is 0 Å². The molecule has 0 spiro atoms. The first-order chi connectivity index (χ1) is 6.33. The number of fused-ring (bicyclic) bond motifs is 1. The van der Waals surface area contributed by atoms with Gasteiger partial charge in [-0.25, -0.2) is 0 Å². The van der Waals surface area contributed by atoms with Crippen LogP contribution in [-0.4, -0.2) is 10.1 Å². The van der Waals surface area contributed by atoms with Crippen LogP contribution in [0, 0.1) is 6.92 Å². The number of pyridine rings is 1. The Morgan fingerprint density at radius 3 is 2.85 bits per heavy atom. The van der Waals surface area contributed by atoms with Crippen molar-refractivity contribution in [3.8, 4) is 0 Å². The standard InChI is InChI=1S/C11H11NO/c1-8-10-5-3-2-4-9(10)6-12-11(8)7-13/h2-6,13H,7H2,1H3. The molecule has 0 bridgehead atoms. The normalized spacial score (nSPS) is 10.6. The fourth-order valence-corrected chi connectivity index (χ4v) is 1.51. The van der Waals surface area contributed by atoms with E-state index in [1.807, 2.05) is 31.2 Å². The molecule has 1 N–H and O–H groups in total. The summed E-state index contributed by atoms with van der Waals surface area (Å²) in [5.41, 5.74) is 1.83. The van der Waals surface area contributed by atoms with Crippen molar-refractivity contribution in [2.24, 2.45) is 0 Å². The van der Waals surface area contributed by atoms with E-state index in [9.17, 15) is 0 Å². The van der Waals surface area contributed by atoms with E-state index in [-0.39, 0.29) is 6.61 Å². The highest BCUT2D eigenvalue weighted by molar-refractivity contribution is 5.85. The maximum atomic E-state index is 9.02. The van der Waals surface area contributed by atoms with Crippen LogP contribution in [0.3, 0.4) is 0 Å². The van der Waals surface area contributed by atoms with Crippen molar-refractivity contribution in [1.29, 1.82) is 0 Å². The highest BCUT2D eigenvalue weighted by Gasteiger charge is 2.02. The number of aliphatic hydroxyl groups excluding tert-OH is 1. The van der Waals surface area contributed by atoms with Gasteiger partial charge in [0, 0.05) is 11.6 Å². The lowest BCUT2D eigenvalue weighted by molar-refractivity contribution is 0.276. The Morgan fingerprint density at radius 2 is 2.08 bits per heavy atom. The minimum absolute atomic E-state index is 0.0106. The van der Waals surface area contributed by atoms with Crippen LogP contribution in [0.5, 0.6) is 0 Å². The predicted octanol–water partition coefficient (Wildman–Crippen LogP) is 2.04. The first kappa shape index (κ1) is 8.20. The molecule has 0 unspecified atom stereocenters. The Bertz CT molecular complexity index is 437. The quantitative estimate of drug-likeness (QED) is 0.715. The monoisotopic (exact) mass is 173 g/mol. The molecule has 0 fully saturated rings. The van der Waals surface area contributed by atoms with Gasteiger partial charge in [0.25, 0.3) is 0 Å². The Hall–Kier alpha value is -1.41. The van der Waals surface area contributed by atoms with Gasteiger partial charge in [-0.15, -0.1) is 0 Å². The summed E-state index contributed by atoms with van der Waals surface area (Å²) in [5, 5.41) is 11.3. The number of hydrogen-bond donors (Lipinski definition) is 1.